The lowest BCUT2D eigenvalue weighted by Crippen LogP contribution is -2.44. The molecule has 0 amide bonds. The average Bonchev–Trinajstić information content (AvgIpc) is 2.23. The summed E-state index contributed by atoms with van der Waals surface area (Å²) in [6.07, 6.45) is 0. The Bertz CT molecular complexity index is 563. The number of hydrogen-bond acceptors (Lipinski definition) is 3. The summed E-state index contributed by atoms with van der Waals surface area (Å²) in [7, 11) is -3.86. The lowest BCUT2D eigenvalue weighted by molar-refractivity contribution is -0.140. The number of aryl methyl sites for hydroxylation is 1. The van der Waals surface area contributed by atoms with Crippen LogP contribution in [0.3, 0.4) is 0 Å². The Morgan fingerprint density at radius 3 is 2.32 bits per heavy atom. The summed E-state index contributed by atoms with van der Waals surface area (Å²) in [5, 5.41) is 9.03. The van der Waals surface area contributed by atoms with E-state index in [4.69, 9.17) is 5.11 Å². The number of carbonyl (C=O) groups is 1. The molecule has 0 spiro atoms. The lowest BCUT2D eigenvalue weighted by Gasteiger charge is -2.18. The van der Waals surface area contributed by atoms with Crippen molar-refractivity contribution >= 4 is 31.9 Å². The molecule has 1 aromatic rings. The van der Waals surface area contributed by atoms with Crippen molar-refractivity contribution in [3.05, 3.63) is 28.2 Å². The quantitative estimate of drug-likeness (QED) is 0.852. The molecule has 5 nitrogen and oxygen atoms in total. The Kier molecular flexibility index (Phi) is 5.11. The van der Waals surface area contributed by atoms with Crippen molar-refractivity contribution in [1.29, 1.82) is 0 Å². The molecule has 0 aliphatic heterocycles. The minimum atomic E-state index is -3.86. The predicted octanol–water partition coefficient (Wildman–Crippen LogP) is 2.15. The maximum Gasteiger partial charge on any atom is 0.322 e. The molecule has 0 saturated carbocycles. The first-order valence-corrected chi connectivity index (χ1v) is 7.93. The van der Waals surface area contributed by atoms with Gasteiger partial charge in [-0.2, -0.15) is 4.72 Å². The summed E-state index contributed by atoms with van der Waals surface area (Å²) < 4.78 is 27.2. The maximum atomic E-state index is 12.2. The Balaban J connectivity index is 3.13. The van der Waals surface area contributed by atoms with E-state index < -0.39 is 22.0 Å². The van der Waals surface area contributed by atoms with Crippen molar-refractivity contribution in [2.45, 2.75) is 31.7 Å². The molecule has 0 bridgehead atoms. The number of nitrogens with one attached hydrogen (secondary N) is 1. The van der Waals surface area contributed by atoms with Crippen LogP contribution in [0.5, 0.6) is 0 Å². The molecule has 0 heterocycles. The monoisotopic (exact) mass is 349 g/mol. The zero-order valence-corrected chi connectivity index (χ0v) is 13.2. The Morgan fingerprint density at radius 1 is 1.32 bits per heavy atom. The Labute approximate surface area is 121 Å². The highest BCUT2D eigenvalue weighted by Crippen LogP contribution is 2.20. The van der Waals surface area contributed by atoms with Crippen LogP contribution in [0.1, 0.15) is 19.4 Å². The second kappa shape index (κ2) is 6.02. The van der Waals surface area contributed by atoms with Crippen LogP contribution >= 0.6 is 15.9 Å². The fraction of sp³-hybridized carbons (Fsp3) is 0.417. The van der Waals surface area contributed by atoms with Crippen molar-refractivity contribution in [2.75, 3.05) is 0 Å². The summed E-state index contributed by atoms with van der Waals surface area (Å²) in [6, 6.07) is 3.56. The van der Waals surface area contributed by atoms with Crippen molar-refractivity contribution in [3.63, 3.8) is 0 Å². The highest BCUT2D eigenvalue weighted by atomic mass is 79.9. The predicted molar refractivity (Wildman–Crippen MR) is 75.5 cm³/mol. The number of carboxylic acids is 1. The van der Waals surface area contributed by atoms with Gasteiger partial charge >= 0.3 is 5.97 Å². The first kappa shape index (κ1) is 16.1. The largest absolute Gasteiger partial charge is 0.480 e. The molecule has 19 heavy (non-hydrogen) atoms. The molecule has 1 rings (SSSR count). The van der Waals surface area contributed by atoms with Crippen LogP contribution < -0.4 is 4.72 Å². The van der Waals surface area contributed by atoms with E-state index in [0.29, 0.717) is 4.47 Å². The summed E-state index contributed by atoms with van der Waals surface area (Å²) >= 11 is 3.22. The van der Waals surface area contributed by atoms with Gasteiger partial charge < -0.3 is 5.11 Å². The van der Waals surface area contributed by atoms with Crippen LogP contribution in [0.25, 0.3) is 0 Å². The highest BCUT2D eigenvalue weighted by Gasteiger charge is 2.28. The van der Waals surface area contributed by atoms with Gasteiger partial charge in [0, 0.05) is 4.47 Å². The molecule has 0 aromatic heterocycles. The van der Waals surface area contributed by atoms with E-state index in [9.17, 15) is 13.2 Å². The SMILES string of the molecule is Cc1cc(Br)cc(S(=O)(=O)N[C@H](C(=O)O)C(C)C)c1. The smallest absolute Gasteiger partial charge is 0.322 e. The number of sulfonamides is 1. The molecular formula is C12H16BrNO4S. The van der Waals surface area contributed by atoms with Gasteiger partial charge in [0.2, 0.25) is 10.0 Å². The van der Waals surface area contributed by atoms with Crippen LogP contribution in [-0.4, -0.2) is 25.5 Å². The van der Waals surface area contributed by atoms with Gasteiger partial charge in [0.25, 0.3) is 0 Å². The van der Waals surface area contributed by atoms with Gasteiger partial charge in [-0.25, -0.2) is 8.42 Å². The van der Waals surface area contributed by atoms with E-state index >= 15 is 0 Å². The third-order valence-electron chi connectivity index (χ3n) is 2.54. The van der Waals surface area contributed by atoms with Gasteiger partial charge in [-0.3, -0.25) is 4.79 Å². The summed E-state index contributed by atoms with van der Waals surface area (Å²) in [4.78, 5) is 11.1. The zero-order chi connectivity index (χ0) is 14.8. The van der Waals surface area contributed by atoms with Crippen molar-refractivity contribution in [2.24, 2.45) is 5.92 Å². The molecule has 0 aliphatic rings. The molecule has 106 valence electrons. The number of rotatable bonds is 5. The third kappa shape index (κ3) is 4.29. The van der Waals surface area contributed by atoms with E-state index in [1.165, 1.54) is 12.1 Å². The fourth-order valence-electron chi connectivity index (χ4n) is 1.56. The summed E-state index contributed by atoms with van der Waals surface area (Å²) in [5.41, 5.74) is 0.770. The third-order valence-corrected chi connectivity index (χ3v) is 4.42. The molecule has 0 saturated heterocycles. The van der Waals surface area contributed by atoms with Crippen LogP contribution in [0.15, 0.2) is 27.6 Å². The average molecular weight is 350 g/mol. The molecule has 7 heteroatoms. The minimum Gasteiger partial charge on any atom is -0.480 e. The summed E-state index contributed by atoms with van der Waals surface area (Å²) in [5.74, 6) is -1.54. The van der Waals surface area contributed by atoms with E-state index in [2.05, 4.69) is 20.7 Å². The van der Waals surface area contributed by atoms with Crippen molar-refractivity contribution in [3.8, 4) is 0 Å². The van der Waals surface area contributed by atoms with Gasteiger partial charge in [0.1, 0.15) is 6.04 Å². The molecule has 0 radical (unpaired) electrons. The zero-order valence-electron chi connectivity index (χ0n) is 10.8. The Hall–Kier alpha value is -0.920. The van der Waals surface area contributed by atoms with Crippen LogP contribution in [0.2, 0.25) is 0 Å². The maximum absolute atomic E-state index is 12.2. The van der Waals surface area contributed by atoms with Gasteiger partial charge in [0.15, 0.2) is 0 Å². The number of hydrogen-bond donors (Lipinski definition) is 2. The van der Waals surface area contributed by atoms with Crippen LogP contribution in [0.4, 0.5) is 0 Å². The van der Waals surface area contributed by atoms with Crippen LogP contribution in [-0.2, 0) is 14.8 Å². The normalized spacial score (nSPS) is 13.5. The van der Waals surface area contributed by atoms with Gasteiger partial charge in [-0.15, -0.1) is 0 Å². The molecule has 2 N–H and O–H groups in total. The van der Waals surface area contributed by atoms with Crippen molar-refractivity contribution in [1.82, 2.24) is 4.72 Å². The lowest BCUT2D eigenvalue weighted by atomic mass is 10.1. The number of halogens is 1. The molecule has 0 unspecified atom stereocenters. The van der Waals surface area contributed by atoms with Gasteiger partial charge in [-0.1, -0.05) is 29.8 Å². The standard InChI is InChI=1S/C12H16BrNO4S/c1-7(2)11(12(15)16)14-19(17,18)10-5-8(3)4-9(13)6-10/h4-7,11,14H,1-3H3,(H,15,16)/t11-/m0/s1. The van der Waals surface area contributed by atoms with Gasteiger partial charge in [-0.05, 0) is 36.6 Å². The number of benzene rings is 1. The van der Waals surface area contributed by atoms with E-state index in [-0.39, 0.29) is 10.8 Å². The minimum absolute atomic E-state index is 0.0475. The first-order chi connectivity index (χ1) is 8.63. The molecule has 0 aliphatic carbocycles. The molecule has 0 fully saturated rings. The molecule has 1 atom stereocenters. The summed E-state index contributed by atoms with van der Waals surface area (Å²) in [6.45, 7) is 5.06. The van der Waals surface area contributed by atoms with E-state index in [0.717, 1.165) is 5.56 Å². The molecule has 1 aromatic carbocycles. The second-order valence-corrected chi connectivity index (χ2v) is 7.28. The first-order valence-electron chi connectivity index (χ1n) is 5.66. The molecular weight excluding hydrogens is 334 g/mol. The Morgan fingerprint density at radius 2 is 1.89 bits per heavy atom. The number of carboxylic acid groups (broad SMARTS) is 1. The second-order valence-electron chi connectivity index (χ2n) is 4.65. The van der Waals surface area contributed by atoms with Gasteiger partial charge in [0.05, 0.1) is 4.90 Å². The van der Waals surface area contributed by atoms with E-state index in [1.54, 1.807) is 26.8 Å². The highest BCUT2D eigenvalue weighted by molar-refractivity contribution is 9.10. The fourth-order valence-corrected chi connectivity index (χ4v) is 3.79. The van der Waals surface area contributed by atoms with E-state index in [1.807, 2.05) is 0 Å². The van der Waals surface area contributed by atoms with Crippen LogP contribution in [0, 0.1) is 12.8 Å². The topological polar surface area (TPSA) is 83.5 Å². The van der Waals surface area contributed by atoms with Crippen molar-refractivity contribution < 1.29 is 18.3 Å². The number of aliphatic carboxylic acids is 1.